The zero-order valence-corrected chi connectivity index (χ0v) is 14.9. The second kappa shape index (κ2) is 7.12. The molecule has 1 heterocycles. The molecule has 0 spiro atoms. The predicted molar refractivity (Wildman–Crippen MR) is 99.1 cm³/mol. The molecule has 0 aliphatic heterocycles. The molecule has 9 heteroatoms. The summed E-state index contributed by atoms with van der Waals surface area (Å²) >= 11 is 0. The molecule has 0 unspecified atom stereocenters. The number of para-hydroxylation sites is 2. The third-order valence-corrected chi connectivity index (χ3v) is 5.05. The van der Waals surface area contributed by atoms with Crippen LogP contribution in [0.15, 0.2) is 47.4 Å². The quantitative estimate of drug-likeness (QED) is 0.373. The topological polar surface area (TPSA) is 118 Å². The summed E-state index contributed by atoms with van der Waals surface area (Å²) in [6, 6.07) is 11.6. The SMILES string of the molecule is CS(=O)(=O)c1ccc(NCCCc2nc3ccccc3[nH]2)c([N+](=O)[O-])c1. The van der Waals surface area contributed by atoms with Gasteiger partial charge in [0.05, 0.1) is 20.9 Å². The minimum atomic E-state index is -3.49. The van der Waals surface area contributed by atoms with Crippen molar-refractivity contribution in [2.45, 2.75) is 17.7 Å². The van der Waals surface area contributed by atoms with Gasteiger partial charge in [0.2, 0.25) is 0 Å². The highest BCUT2D eigenvalue weighted by Gasteiger charge is 2.18. The number of nitro groups is 1. The Balaban J connectivity index is 1.64. The van der Waals surface area contributed by atoms with Gasteiger partial charge in [0.1, 0.15) is 11.5 Å². The van der Waals surface area contributed by atoms with Crippen LogP contribution in [0.3, 0.4) is 0 Å². The molecule has 0 aliphatic carbocycles. The number of H-pyrrole nitrogens is 1. The molecule has 0 radical (unpaired) electrons. The fourth-order valence-electron chi connectivity index (χ4n) is 2.65. The van der Waals surface area contributed by atoms with Crippen LogP contribution in [-0.2, 0) is 16.3 Å². The third-order valence-electron chi connectivity index (χ3n) is 3.94. The number of aryl methyl sites for hydroxylation is 1. The second-order valence-corrected chi connectivity index (χ2v) is 7.95. The first-order valence-corrected chi connectivity index (χ1v) is 9.90. The first-order valence-electron chi connectivity index (χ1n) is 8.00. The van der Waals surface area contributed by atoms with Crippen molar-refractivity contribution < 1.29 is 13.3 Å². The van der Waals surface area contributed by atoms with Gasteiger partial charge in [0.25, 0.3) is 5.69 Å². The van der Waals surface area contributed by atoms with Crippen molar-refractivity contribution in [3.8, 4) is 0 Å². The van der Waals surface area contributed by atoms with Gasteiger partial charge in [-0.05, 0) is 30.7 Å². The van der Waals surface area contributed by atoms with Crippen LogP contribution in [0.2, 0.25) is 0 Å². The normalized spacial score (nSPS) is 11.6. The molecular weight excluding hydrogens is 356 g/mol. The average Bonchev–Trinajstić information content (AvgIpc) is 3.00. The van der Waals surface area contributed by atoms with Crippen LogP contribution < -0.4 is 5.32 Å². The zero-order valence-electron chi connectivity index (χ0n) is 14.1. The van der Waals surface area contributed by atoms with Crippen LogP contribution in [0.1, 0.15) is 12.2 Å². The lowest BCUT2D eigenvalue weighted by Crippen LogP contribution is -2.07. The van der Waals surface area contributed by atoms with Crippen LogP contribution in [0.4, 0.5) is 11.4 Å². The van der Waals surface area contributed by atoms with Gasteiger partial charge in [-0.15, -0.1) is 0 Å². The molecule has 0 bridgehead atoms. The lowest BCUT2D eigenvalue weighted by molar-refractivity contribution is -0.384. The maximum atomic E-state index is 11.6. The van der Waals surface area contributed by atoms with Crippen LogP contribution >= 0.6 is 0 Å². The van der Waals surface area contributed by atoms with E-state index in [0.717, 1.165) is 29.2 Å². The molecular formula is C17H18N4O4S. The van der Waals surface area contributed by atoms with Gasteiger partial charge in [-0.1, -0.05) is 12.1 Å². The molecule has 3 aromatic rings. The fraction of sp³-hybridized carbons (Fsp3) is 0.235. The summed E-state index contributed by atoms with van der Waals surface area (Å²) < 4.78 is 23.1. The number of aromatic amines is 1. The van der Waals surface area contributed by atoms with E-state index in [1.54, 1.807) is 0 Å². The highest BCUT2D eigenvalue weighted by Crippen LogP contribution is 2.27. The Morgan fingerprint density at radius 1 is 1.23 bits per heavy atom. The van der Waals surface area contributed by atoms with Crippen molar-refractivity contribution >= 4 is 32.2 Å². The molecule has 0 aliphatic rings. The Kier molecular flexibility index (Phi) is 4.90. The molecule has 8 nitrogen and oxygen atoms in total. The smallest absolute Gasteiger partial charge is 0.293 e. The molecule has 1 aromatic heterocycles. The summed E-state index contributed by atoms with van der Waals surface area (Å²) in [7, 11) is -3.49. The summed E-state index contributed by atoms with van der Waals surface area (Å²) in [5, 5.41) is 14.2. The molecule has 26 heavy (non-hydrogen) atoms. The highest BCUT2D eigenvalue weighted by atomic mass is 32.2. The maximum absolute atomic E-state index is 11.6. The van der Waals surface area contributed by atoms with E-state index in [1.807, 2.05) is 24.3 Å². The molecule has 2 aromatic carbocycles. The number of fused-ring (bicyclic) bond motifs is 1. The number of sulfone groups is 1. The van der Waals surface area contributed by atoms with Crippen molar-refractivity contribution in [1.82, 2.24) is 9.97 Å². The number of hydrogen-bond donors (Lipinski definition) is 2. The fourth-order valence-corrected chi connectivity index (χ4v) is 3.29. The van der Waals surface area contributed by atoms with E-state index >= 15 is 0 Å². The van der Waals surface area contributed by atoms with Crippen molar-refractivity contribution in [1.29, 1.82) is 0 Å². The summed E-state index contributed by atoms with van der Waals surface area (Å²) in [5.74, 6) is 0.856. The lowest BCUT2D eigenvalue weighted by Gasteiger charge is -2.08. The first-order chi connectivity index (χ1) is 12.3. The Hall–Kier alpha value is -2.94. The molecule has 0 fully saturated rings. The van der Waals surface area contributed by atoms with E-state index in [1.165, 1.54) is 12.1 Å². The molecule has 3 rings (SSSR count). The predicted octanol–water partition coefficient (Wildman–Crippen LogP) is 2.92. The van der Waals surface area contributed by atoms with E-state index in [9.17, 15) is 18.5 Å². The minimum absolute atomic E-state index is 0.0722. The van der Waals surface area contributed by atoms with Gasteiger partial charge in [0, 0.05) is 25.3 Å². The Bertz CT molecular complexity index is 1030. The summed E-state index contributed by atoms with van der Waals surface area (Å²) in [4.78, 5) is 18.3. The number of benzene rings is 2. The van der Waals surface area contributed by atoms with E-state index in [0.29, 0.717) is 25.1 Å². The molecule has 136 valence electrons. The van der Waals surface area contributed by atoms with Gasteiger partial charge >= 0.3 is 0 Å². The van der Waals surface area contributed by atoms with Crippen molar-refractivity contribution in [3.05, 3.63) is 58.4 Å². The summed E-state index contributed by atoms with van der Waals surface area (Å²) in [6.45, 7) is 0.496. The van der Waals surface area contributed by atoms with Gasteiger partial charge in [-0.3, -0.25) is 10.1 Å². The summed E-state index contributed by atoms with van der Waals surface area (Å²) in [5.41, 5.74) is 1.92. The largest absolute Gasteiger partial charge is 0.379 e. The number of nitrogens with one attached hydrogen (secondary N) is 2. The highest BCUT2D eigenvalue weighted by molar-refractivity contribution is 7.90. The number of anilines is 1. The monoisotopic (exact) mass is 374 g/mol. The Morgan fingerprint density at radius 3 is 2.69 bits per heavy atom. The average molecular weight is 374 g/mol. The number of imidazole rings is 1. The molecule has 0 saturated heterocycles. The van der Waals surface area contributed by atoms with E-state index < -0.39 is 14.8 Å². The molecule has 2 N–H and O–H groups in total. The van der Waals surface area contributed by atoms with E-state index in [4.69, 9.17) is 0 Å². The standard InChI is InChI=1S/C17H18N4O4S/c1-26(24,25)12-8-9-15(16(11-12)21(22)23)18-10-4-7-17-19-13-5-2-3-6-14(13)20-17/h2-3,5-6,8-9,11,18H,4,7,10H2,1H3,(H,19,20). The maximum Gasteiger partial charge on any atom is 0.293 e. The Labute approximate surface area is 150 Å². The van der Waals surface area contributed by atoms with Crippen molar-refractivity contribution in [2.24, 2.45) is 0 Å². The van der Waals surface area contributed by atoms with Gasteiger partial charge < -0.3 is 10.3 Å². The lowest BCUT2D eigenvalue weighted by atomic mass is 10.2. The second-order valence-electron chi connectivity index (χ2n) is 5.94. The van der Waals surface area contributed by atoms with Gasteiger partial charge in [-0.25, -0.2) is 13.4 Å². The number of aromatic nitrogens is 2. The molecule has 0 atom stereocenters. The van der Waals surface area contributed by atoms with Crippen LogP contribution in [0, 0.1) is 10.1 Å². The first kappa shape index (κ1) is 17.9. The van der Waals surface area contributed by atoms with E-state index in [2.05, 4.69) is 15.3 Å². The summed E-state index contributed by atoms with van der Waals surface area (Å²) in [6.07, 6.45) is 2.42. The number of nitro benzene ring substituents is 1. The third kappa shape index (κ3) is 3.99. The number of nitrogens with zero attached hydrogens (tertiary/aromatic N) is 2. The number of hydrogen-bond acceptors (Lipinski definition) is 6. The van der Waals surface area contributed by atoms with E-state index in [-0.39, 0.29) is 10.6 Å². The molecule has 0 amide bonds. The van der Waals surface area contributed by atoms with Crippen LogP contribution in [0.5, 0.6) is 0 Å². The van der Waals surface area contributed by atoms with Crippen molar-refractivity contribution in [3.63, 3.8) is 0 Å². The Morgan fingerprint density at radius 2 is 2.00 bits per heavy atom. The number of rotatable bonds is 7. The van der Waals surface area contributed by atoms with Crippen molar-refractivity contribution in [2.75, 3.05) is 18.1 Å². The minimum Gasteiger partial charge on any atom is -0.379 e. The van der Waals surface area contributed by atoms with Gasteiger partial charge in [-0.2, -0.15) is 0 Å². The van der Waals surface area contributed by atoms with Crippen LogP contribution in [0.25, 0.3) is 11.0 Å². The zero-order chi connectivity index (χ0) is 18.7. The van der Waals surface area contributed by atoms with Crippen LogP contribution in [-0.4, -0.2) is 36.1 Å². The van der Waals surface area contributed by atoms with Gasteiger partial charge in [0.15, 0.2) is 9.84 Å². The molecule has 0 saturated carbocycles.